The molecule has 0 atom stereocenters. The molecule has 3 rings (SSSR count). The van der Waals surface area contributed by atoms with E-state index in [0.717, 1.165) is 11.8 Å². The highest BCUT2D eigenvalue weighted by Crippen LogP contribution is 2.29. The Bertz CT molecular complexity index is 998. The molecule has 0 bridgehead atoms. The number of aromatic carboxylic acids is 1. The van der Waals surface area contributed by atoms with Crippen LogP contribution < -0.4 is 10.1 Å². The summed E-state index contributed by atoms with van der Waals surface area (Å²) >= 11 is 1.10. The summed E-state index contributed by atoms with van der Waals surface area (Å²) in [5.74, 6) is -2.11. The van der Waals surface area contributed by atoms with Gasteiger partial charge in [-0.3, -0.25) is 4.79 Å². The lowest BCUT2D eigenvalue weighted by Gasteiger charge is -2.03. The fourth-order valence-electron chi connectivity index (χ4n) is 2.30. The summed E-state index contributed by atoms with van der Waals surface area (Å²) in [5, 5.41) is 20.7. The average molecular weight is 398 g/mol. The van der Waals surface area contributed by atoms with Crippen molar-refractivity contribution < 1.29 is 29.3 Å². The van der Waals surface area contributed by atoms with Crippen molar-refractivity contribution in [2.24, 2.45) is 4.99 Å². The molecule has 8 nitrogen and oxygen atoms in total. The Balaban J connectivity index is 1.76. The Hall–Kier alpha value is -3.59. The number of carbonyl (C=O) groups is 3. The van der Waals surface area contributed by atoms with Crippen LogP contribution in [0.4, 0.5) is 5.69 Å². The zero-order valence-corrected chi connectivity index (χ0v) is 15.1. The Morgan fingerprint density at radius 3 is 2.50 bits per heavy atom. The molecule has 1 amide bonds. The van der Waals surface area contributed by atoms with Crippen LogP contribution in [0.5, 0.6) is 5.75 Å². The van der Waals surface area contributed by atoms with Crippen LogP contribution in [0, 0.1) is 0 Å². The number of para-hydroxylation sites is 1. The highest BCUT2D eigenvalue weighted by Gasteiger charge is 2.24. The van der Waals surface area contributed by atoms with E-state index in [1.165, 1.54) is 6.07 Å². The Morgan fingerprint density at radius 2 is 1.82 bits per heavy atom. The molecule has 1 fully saturated rings. The van der Waals surface area contributed by atoms with Gasteiger partial charge in [-0.1, -0.05) is 24.3 Å². The van der Waals surface area contributed by atoms with E-state index in [9.17, 15) is 19.5 Å². The van der Waals surface area contributed by atoms with Gasteiger partial charge in [-0.05, 0) is 47.7 Å². The van der Waals surface area contributed by atoms with E-state index in [2.05, 4.69) is 10.3 Å². The number of carboxylic acid groups (broad SMARTS) is 2. The summed E-state index contributed by atoms with van der Waals surface area (Å²) in [6, 6.07) is 12.8. The number of amidine groups is 1. The number of nitrogens with one attached hydrogen (secondary N) is 1. The summed E-state index contributed by atoms with van der Waals surface area (Å²) in [7, 11) is 0. The summed E-state index contributed by atoms with van der Waals surface area (Å²) in [6.07, 6.45) is 1.65. The number of rotatable bonds is 6. The summed E-state index contributed by atoms with van der Waals surface area (Å²) in [6.45, 7) is -0.434. The first-order chi connectivity index (χ1) is 13.4. The number of aliphatic carboxylic acids is 1. The van der Waals surface area contributed by atoms with Crippen LogP contribution in [0.1, 0.15) is 15.9 Å². The number of carbonyl (C=O) groups excluding carboxylic acids is 1. The predicted molar refractivity (Wildman–Crippen MR) is 104 cm³/mol. The van der Waals surface area contributed by atoms with Crippen molar-refractivity contribution in [3.63, 3.8) is 0 Å². The van der Waals surface area contributed by atoms with Gasteiger partial charge in [-0.2, -0.15) is 0 Å². The molecular formula is C19H14N2O6S. The van der Waals surface area contributed by atoms with E-state index in [0.29, 0.717) is 16.2 Å². The third kappa shape index (κ3) is 4.77. The molecule has 142 valence electrons. The number of carboxylic acids is 2. The number of nitrogens with zero attached hydrogens (tertiary/aromatic N) is 1. The minimum Gasteiger partial charge on any atom is -0.482 e. The van der Waals surface area contributed by atoms with Crippen molar-refractivity contribution in [1.29, 1.82) is 0 Å². The van der Waals surface area contributed by atoms with Crippen LogP contribution in [-0.4, -0.2) is 39.8 Å². The zero-order valence-electron chi connectivity index (χ0n) is 14.3. The van der Waals surface area contributed by atoms with E-state index in [4.69, 9.17) is 9.84 Å². The monoisotopic (exact) mass is 398 g/mol. The number of ether oxygens (including phenoxy) is 1. The van der Waals surface area contributed by atoms with E-state index in [-0.39, 0.29) is 22.3 Å². The van der Waals surface area contributed by atoms with Crippen LogP contribution in [-0.2, 0) is 9.59 Å². The molecule has 0 spiro atoms. The number of hydrogen-bond acceptors (Lipinski definition) is 6. The van der Waals surface area contributed by atoms with Crippen molar-refractivity contribution >= 4 is 46.5 Å². The number of benzene rings is 2. The zero-order chi connectivity index (χ0) is 20.1. The van der Waals surface area contributed by atoms with E-state index in [1.54, 1.807) is 48.5 Å². The molecule has 3 N–H and O–H groups in total. The van der Waals surface area contributed by atoms with Crippen LogP contribution in [0.2, 0.25) is 0 Å². The smallest absolute Gasteiger partial charge is 0.341 e. The Labute approximate surface area is 163 Å². The largest absolute Gasteiger partial charge is 0.482 e. The van der Waals surface area contributed by atoms with Gasteiger partial charge in [0.25, 0.3) is 5.91 Å². The molecule has 0 unspecified atom stereocenters. The van der Waals surface area contributed by atoms with Gasteiger partial charge < -0.3 is 20.3 Å². The lowest BCUT2D eigenvalue weighted by Crippen LogP contribution is -2.19. The van der Waals surface area contributed by atoms with Crippen molar-refractivity contribution in [3.8, 4) is 5.75 Å². The predicted octanol–water partition coefficient (Wildman–Crippen LogP) is 2.74. The normalized spacial score (nSPS) is 16.2. The molecule has 1 heterocycles. The van der Waals surface area contributed by atoms with Crippen LogP contribution >= 0.6 is 11.8 Å². The maximum absolute atomic E-state index is 12.2. The summed E-state index contributed by atoms with van der Waals surface area (Å²) < 4.78 is 5.06. The molecule has 2 aromatic rings. The van der Waals surface area contributed by atoms with Gasteiger partial charge in [-0.15, -0.1) is 0 Å². The highest BCUT2D eigenvalue weighted by atomic mass is 32.2. The minimum absolute atomic E-state index is 0.0410. The molecule has 1 aliphatic rings. The van der Waals surface area contributed by atoms with Crippen molar-refractivity contribution in [2.75, 3.05) is 6.61 Å². The van der Waals surface area contributed by atoms with E-state index in [1.807, 2.05) is 0 Å². The SMILES string of the molecule is O=C(O)COc1ccc(/C=C2\SC(=Nc3ccccc3C(=O)O)NC2=O)cc1. The highest BCUT2D eigenvalue weighted by molar-refractivity contribution is 8.18. The number of amides is 1. The van der Waals surface area contributed by atoms with Gasteiger partial charge in [0.05, 0.1) is 16.2 Å². The lowest BCUT2D eigenvalue weighted by molar-refractivity contribution is -0.139. The first-order valence-corrected chi connectivity index (χ1v) is 8.80. The summed E-state index contributed by atoms with van der Waals surface area (Å²) in [5.41, 5.74) is 1.01. The molecule has 1 aliphatic heterocycles. The standard InChI is InChI=1S/C19H14N2O6S/c22-16(23)10-27-12-7-5-11(6-8-12)9-15-17(24)21-19(28-15)20-14-4-2-1-3-13(14)18(25)26/h1-9H,10H2,(H,22,23)(H,25,26)(H,20,21,24)/b15-9-. The topological polar surface area (TPSA) is 125 Å². The fourth-order valence-corrected chi connectivity index (χ4v) is 3.13. The molecule has 1 saturated heterocycles. The number of hydrogen-bond donors (Lipinski definition) is 3. The van der Waals surface area contributed by atoms with Gasteiger partial charge in [-0.25, -0.2) is 14.6 Å². The van der Waals surface area contributed by atoms with Crippen LogP contribution in [0.25, 0.3) is 6.08 Å². The van der Waals surface area contributed by atoms with E-state index >= 15 is 0 Å². The quantitative estimate of drug-likeness (QED) is 0.639. The molecule has 28 heavy (non-hydrogen) atoms. The molecule has 2 aromatic carbocycles. The second-order valence-corrected chi connectivity index (χ2v) is 6.59. The second-order valence-electron chi connectivity index (χ2n) is 5.56. The number of thioether (sulfide) groups is 1. The van der Waals surface area contributed by atoms with Gasteiger partial charge in [0.1, 0.15) is 5.75 Å². The number of aliphatic imine (C=N–C) groups is 1. The molecule has 0 aliphatic carbocycles. The van der Waals surface area contributed by atoms with Gasteiger partial charge in [0.2, 0.25) is 0 Å². The molecule has 0 radical (unpaired) electrons. The molecule has 0 aromatic heterocycles. The van der Waals surface area contributed by atoms with Crippen molar-refractivity contribution in [1.82, 2.24) is 5.32 Å². The first-order valence-electron chi connectivity index (χ1n) is 7.99. The lowest BCUT2D eigenvalue weighted by atomic mass is 10.2. The third-order valence-electron chi connectivity index (χ3n) is 3.55. The summed E-state index contributed by atoms with van der Waals surface area (Å²) in [4.78, 5) is 38.5. The molecular weight excluding hydrogens is 384 g/mol. The Kier molecular flexibility index (Phi) is 5.75. The average Bonchev–Trinajstić information content (AvgIpc) is 3.00. The fraction of sp³-hybridized carbons (Fsp3) is 0.0526. The first kappa shape index (κ1) is 19.2. The maximum atomic E-state index is 12.2. The minimum atomic E-state index is -1.10. The van der Waals surface area contributed by atoms with Gasteiger partial charge >= 0.3 is 11.9 Å². The molecule has 0 saturated carbocycles. The third-order valence-corrected chi connectivity index (χ3v) is 4.46. The van der Waals surface area contributed by atoms with Gasteiger partial charge in [0.15, 0.2) is 11.8 Å². The Morgan fingerprint density at radius 1 is 1.11 bits per heavy atom. The van der Waals surface area contributed by atoms with Gasteiger partial charge in [0, 0.05) is 0 Å². The maximum Gasteiger partial charge on any atom is 0.341 e. The van der Waals surface area contributed by atoms with Crippen molar-refractivity contribution in [3.05, 3.63) is 64.6 Å². The van der Waals surface area contributed by atoms with Crippen molar-refractivity contribution in [2.45, 2.75) is 0 Å². The van der Waals surface area contributed by atoms with E-state index < -0.39 is 18.5 Å². The van der Waals surface area contributed by atoms with Crippen LogP contribution in [0.15, 0.2) is 58.4 Å². The van der Waals surface area contributed by atoms with Crippen LogP contribution in [0.3, 0.4) is 0 Å². The second kappa shape index (κ2) is 8.40. The molecule has 9 heteroatoms.